The van der Waals surface area contributed by atoms with Gasteiger partial charge in [0.15, 0.2) is 0 Å². The molecular weight excluding hydrogens is 226 g/mol. The quantitative estimate of drug-likeness (QED) is 0.745. The SMILES string of the molecule is CCCC[C@H](O)[C@H](N)c1ccc(O)c(Cl)c1. The second-order valence-corrected chi connectivity index (χ2v) is 4.35. The highest BCUT2D eigenvalue weighted by Crippen LogP contribution is 2.27. The van der Waals surface area contributed by atoms with Gasteiger partial charge in [0.25, 0.3) is 0 Å². The minimum Gasteiger partial charge on any atom is -0.506 e. The molecular formula is C12H18ClNO2. The van der Waals surface area contributed by atoms with Gasteiger partial charge in [-0.3, -0.25) is 0 Å². The fourth-order valence-electron chi connectivity index (χ4n) is 1.55. The van der Waals surface area contributed by atoms with Crippen LogP contribution in [0.3, 0.4) is 0 Å². The summed E-state index contributed by atoms with van der Waals surface area (Å²) in [6.07, 6.45) is 2.08. The average molecular weight is 244 g/mol. The van der Waals surface area contributed by atoms with Gasteiger partial charge in [0, 0.05) is 0 Å². The second kappa shape index (κ2) is 6.09. The van der Waals surface area contributed by atoms with Crippen molar-refractivity contribution in [2.24, 2.45) is 5.73 Å². The van der Waals surface area contributed by atoms with Gasteiger partial charge < -0.3 is 15.9 Å². The van der Waals surface area contributed by atoms with Crippen molar-refractivity contribution in [3.8, 4) is 5.75 Å². The van der Waals surface area contributed by atoms with E-state index in [1.165, 1.54) is 6.07 Å². The first-order valence-electron chi connectivity index (χ1n) is 5.48. The summed E-state index contributed by atoms with van der Waals surface area (Å²) in [5.74, 6) is 0.0284. The third-order valence-electron chi connectivity index (χ3n) is 2.62. The minimum absolute atomic E-state index is 0.0284. The number of halogens is 1. The Kier molecular flexibility index (Phi) is 5.06. The third kappa shape index (κ3) is 3.37. The summed E-state index contributed by atoms with van der Waals surface area (Å²) in [5, 5.41) is 19.4. The molecule has 90 valence electrons. The van der Waals surface area contributed by atoms with Crippen LogP contribution in [0.1, 0.15) is 37.8 Å². The molecule has 0 aliphatic carbocycles. The summed E-state index contributed by atoms with van der Waals surface area (Å²) >= 11 is 5.78. The summed E-state index contributed by atoms with van der Waals surface area (Å²) in [7, 11) is 0. The summed E-state index contributed by atoms with van der Waals surface area (Å²) in [6.45, 7) is 2.07. The highest BCUT2D eigenvalue weighted by molar-refractivity contribution is 6.32. The van der Waals surface area contributed by atoms with Crippen molar-refractivity contribution in [2.45, 2.75) is 38.3 Å². The van der Waals surface area contributed by atoms with Crippen LogP contribution in [0.4, 0.5) is 0 Å². The number of unbranched alkanes of at least 4 members (excludes halogenated alkanes) is 1. The van der Waals surface area contributed by atoms with Crippen LogP contribution < -0.4 is 5.73 Å². The molecule has 3 nitrogen and oxygen atoms in total. The van der Waals surface area contributed by atoms with Gasteiger partial charge in [0.2, 0.25) is 0 Å². The van der Waals surface area contributed by atoms with E-state index in [1.807, 2.05) is 0 Å². The van der Waals surface area contributed by atoms with Crippen molar-refractivity contribution < 1.29 is 10.2 Å². The lowest BCUT2D eigenvalue weighted by Crippen LogP contribution is -2.26. The summed E-state index contributed by atoms with van der Waals surface area (Å²) in [5.41, 5.74) is 6.65. The molecule has 0 amide bonds. The molecule has 1 rings (SSSR count). The van der Waals surface area contributed by atoms with E-state index in [9.17, 15) is 10.2 Å². The minimum atomic E-state index is -0.569. The zero-order valence-electron chi connectivity index (χ0n) is 9.36. The monoisotopic (exact) mass is 243 g/mol. The molecule has 0 saturated carbocycles. The van der Waals surface area contributed by atoms with Crippen LogP contribution in [0, 0.1) is 0 Å². The number of phenolic OH excluding ortho intramolecular Hbond substituents is 1. The van der Waals surface area contributed by atoms with Gasteiger partial charge in [0.05, 0.1) is 17.2 Å². The average Bonchev–Trinajstić information content (AvgIpc) is 2.28. The number of nitrogens with two attached hydrogens (primary N) is 1. The standard InChI is InChI=1S/C12H18ClNO2/c1-2-3-4-11(16)12(14)8-5-6-10(15)9(13)7-8/h5-7,11-12,15-16H,2-4,14H2,1H3/t11-,12+/m0/s1. The van der Waals surface area contributed by atoms with Crippen LogP contribution in [-0.4, -0.2) is 16.3 Å². The molecule has 16 heavy (non-hydrogen) atoms. The normalized spacial score (nSPS) is 14.8. The number of aromatic hydroxyl groups is 1. The number of rotatable bonds is 5. The van der Waals surface area contributed by atoms with E-state index in [-0.39, 0.29) is 10.8 Å². The molecule has 1 aromatic carbocycles. The van der Waals surface area contributed by atoms with Crippen LogP contribution in [-0.2, 0) is 0 Å². The third-order valence-corrected chi connectivity index (χ3v) is 2.93. The van der Waals surface area contributed by atoms with E-state index in [1.54, 1.807) is 12.1 Å². The lowest BCUT2D eigenvalue weighted by molar-refractivity contribution is 0.132. The van der Waals surface area contributed by atoms with Gasteiger partial charge >= 0.3 is 0 Å². The van der Waals surface area contributed by atoms with Crippen molar-refractivity contribution in [1.82, 2.24) is 0 Å². The van der Waals surface area contributed by atoms with Gasteiger partial charge in [-0.05, 0) is 24.1 Å². The first-order chi connectivity index (χ1) is 7.56. The molecule has 0 bridgehead atoms. The van der Waals surface area contributed by atoms with E-state index in [0.29, 0.717) is 6.42 Å². The number of benzene rings is 1. The molecule has 0 spiro atoms. The molecule has 1 aromatic rings. The highest BCUT2D eigenvalue weighted by Gasteiger charge is 2.17. The first kappa shape index (κ1) is 13.3. The molecule has 0 radical (unpaired) electrons. The van der Waals surface area contributed by atoms with Crippen molar-refractivity contribution in [3.63, 3.8) is 0 Å². The fourth-order valence-corrected chi connectivity index (χ4v) is 1.73. The second-order valence-electron chi connectivity index (χ2n) is 3.95. The molecule has 0 aliphatic heterocycles. The lowest BCUT2D eigenvalue weighted by atomic mass is 9.98. The van der Waals surface area contributed by atoms with Gasteiger partial charge in [-0.2, -0.15) is 0 Å². The molecule has 4 N–H and O–H groups in total. The molecule has 0 saturated heterocycles. The van der Waals surface area contributed by atoms with Crippen LogP contribution in [0.25, 0.3) is 0 Å². The molecule has 0 aliphatic rings. The van der Waals surface area contributed by atoms with Gasteiger partial charge in [-0.15, -0.1) is 0 Å². The molecule has 0 fully saturated rings. The number of phenols is 1. The Balaban J connectivity index is 2.71. The summed E-state index contributed by atoms with van der Waals surface area (Å²) in [6, 6.07) is 4.31. The van der Waals surface area contributed by atoms with Crippen LogP contribution in [0.15, 0.2) is 18.2 Å². The number of aliphatic hydroxyl groups is 1. The lowest BCUT2D eigenvalue weighted by Gasteiger charge is -2.19. The molecule has 0 unspecified atom stereocenters. The van der Waals surface area contributed by atoms with Crippen LogP contribution >= 0.6 is 11.6 Å². The van der Waals surface area contributed by atoms with Gasteiger partial charge in [0.1, 0.15) is 5.75 Å². The number of hydrogen-bond donors (Lipinski definition) is 3. The van der Waals surface area contributed by atoms with E-state index in [2.05, 4.69) is 6.92 Å². The summed E-state index contributed by atoms with van der Waals surface area (Å²) in [4.78, 5) is 0. The fraction of sp³-hybridized carbons (Fsp3) is 0.500. The van der Waals surface area contributed by atoms with Crippen molar-refractivity contribution in [1.29, 1.82) is 0 Å². The van der Waals surface area contributed by atoms with E-state index in [4.69, 9.17) is 17.3 Å². The molecule has 4 heteroatoms. The van der Waals surface area contributed by atoms with E-state index >= 15 is 0 Å². The maximum Gasteiger partial charge on any atom is 0.134 e. The predicted molar refractivity (Wildman–Crippen MR) is 65.6 cm³/mol. The maximum absolute atomic E-state index is 9.83. The maximum atomic E-state index is 9.83. The smallest absolute Gasteiger partial charge is 0.134 e. The predicted octanol–water partition coefficient (Wildman–Crippen LogP) is 2.60. The van der Waals surface area contributed by atoms with Gasteiger partial charge in [-0.1, -0.05) is 37.4 Å². The zero-order chi connectivity index (χ0) is 12.1. The van der Waals surface area contributed by atoms with Crippen LogP contribution in [0.5, 0.6) is 5.75 Å². The highest BCUT2D eigenvalue weighted by atomic mass is 35.5. The Morgan fingerprint density at radius 1 is 1.44 bits per heavy atom. The van der Waals surface area contributed by atoms with Crippen molar-refractivity contribution >= 4 is 11.6 Å². The van der Waals surface area contributed by atoms with Crippen LogP contribution in [0.2, 0.25) is 5.02 Å². The van der Waals surface area contributed by atoms with E-state index in [0.717, 1.165) is 18.4 Å². The van der Waals surface area contributed by atoms with Crippen molar-refractivity contribution in [2.75, 3.05) is 0 Å². The Labute approximate surface area is 101 Å². The Morgan fingerprint density at radius 3 is 2.69 bits per heavy atom. The topological polar surface area (TPSA) is 66.5 Å². The van der Waals surface area contributed by atoms with Crippen molar-refractivity contribution in [3.05, 3.63) is 28.8 Å². The molecule has 2 atom stereocenters. The first-order valence-corrected chi connectivity index (χ1v) is 5.86. The van der Waals surface area contributed by atoms with E-state index < -0.39 is 12.1 Å². The Morgan fingerprint density at radius 2 is 2.12 bits per heavy atom. The summed E-state index contributed by atoms with van der Waals surface area (Å²) < 4.78 is 0. The molecule has 0 aromatic heterocycles. The Hall–Kier alpha value is -0.770. The largest absolute Gasteiger partial charge is 0.506 e. The molecule has 0 heterocycles. The number of hydrogen-bond acceptors (Lipinski definition) is 3. The number of aliphatic hydroxyl groups excluding tert-OH is 1. The zero-order valence-corrected chi connectivity index (χ0v) is 10.1. The Bertz CT molecular complexity index is 344. The van der Waals surface area contributed by atoms with Gasteiger partial charge in [-0.25, -0.2) is 0 Å².